The maximum absolute atomic E-state index is 11.2. The molecule has 106 valence electrons. The van der Waals surface area contributed by atoms with Crippen LogP contribution in [0.25, 0.3) is 0 Å². The molecule has 0 atom stereocenters. The van der Waals surface area contributed by atoms with Crippen molar-refractivity contribution in [3.63, 3.8) is 0 Å². The van der Waals surface area contributed by atoms with E-state index >= 15 is 0 Å². The van der Waals surface area contributed by atoms with Gasteiger partial charge in [0, 0.05) is 11.8 Å². The predicted molar refractivity (Wildman–Crippen MR) is 72.1 cm³/mol. The zero-order valence-corrected chi connectivity index (χ0v) is 11.4. The van der Waals surface area contributed by atoms with E-state index < -0.39 is 11.6 Å². The average molecular weight is 268 g/mol. The molecule has 6 heteroatoms. The van der Waals surface area contributed by atoms with Gasteiger partial charge in [0.05, 0.1) is 13.7 Å². The van der Waals surface area contributed by atoms with Gasteiger partial charge in [-0.1, -0.05) is 0 Å². The monoisotopic (exact) mass is 268 g/mol. The van der Waals surface area contributed by atoms with E-state index in [-0.39, 0.29) is 13.2 Å². The number of nitrogen functional groups attached to an aromatic ring is 1. The molecule has 0 fully saturated rings. The molecule has 0 heterocycles. The van der Waals surface area contributed by atoms with E-state index in [4.69, 9.17) is 25.7 Å². The van der Waals surface area contributed by atoms with Crippen LogP contribution in [0.4, 0.5) is 5.69 Å². The number of carbonyl (C=O) groups excluding carboxylic acids is 1. The lowest BCUT2D eigenvalue weighted by atomic mass is 10.1. The second kappa shape index (κ2) is 6.29. The van der Waals surface area contributed by atoms with Crippen LogP contribution in [0.3, 0.4) is 0 Å². The Bertz CT molecular complexity index is 446. The number of carbonyl (C=O) groups is 1. The fourth-order valence-corrected chi connectivity index (χ4v) is 1.43. The van der Waals surface area contributed by atoms with Crippen LogP contribution >= 0.6 is 0 Å². The molecule has 0 aromatic heterocycles. The van der Waals surface area contributed by atoms with Crippen LogP contribution in [0.15, 0.2) is 18.2 Å². The van der Waals surface area contributed by atoms with Crippen molar-refractivity contribution in [1.29, 1.82) is 0 Å². The molecular weight excluding hydrogens is 248 g/mol. The van der Waals surface area contributed by atoms with Crippen molar-refractivity contribution >= 4 is 11.7 Å². The van der Waals surface area contributed by atoms with Crippen LogP contribution < -0.4 is 20.9 Å². The molecule has 0 unspecified atom stereocenters. The van der Waals surface area contributed by atoms with Gasteiger partial charge in [-0.2, -0.15) is 0 Å². The second-order valence-corrected chi connectivity index (χ2v) is 4.64. The van der Waals surface area contributed by atoms with E-state index in [2.05, 4.69) is 0 Å². The zero-order chi connectivity index (χ0) is 14.5. The van der Waals surface area contributed by atoms with Crippen LogP contribution in [-0.4, -0.2) is 31.8 Å². The van der Waals surface area contributed by atoms with Crippen LogP contribution in [0.1, 0.15) is 13.8 Å². The van der Waals surface area contributed by atoms with Gasteiger partial charge < -0.3 is 25.7 Å². The van der Waals surface area contributed by atoms with Crippen molar-refractivity contribution < 1.29 is 19.0 Å². The Morgan fingerprint density at radius 1 is 1.32 bits per heavy atom. The number of ether oxygens (including phenoxy) is 3. The van der Waals surface area contributed by atoms with Gasteiger partial charge in [0.2, 0.25) is 0 Å². The lowest BCUT2D eigenvalue weighted by Crippen LogP contribution is -2.37. The minimum Gasteiger partial charge on any atom is -0.493 e. The average Bonchev–Trinajstić information content (AvgIpc) is 2.36. The number of hydrogen-bond donors (Lipinski definition) is 2. The Labute approximate surface area is 112 Å². The van der Waals surface area contributed by atoms with Crippen molar-refractivity contribution in [3.05, 3.63) is 18.2 Å². The molecule has 6 nitrogen and oxygen atoms in total. The molecule has 0 saturated heterocycles. The van der Waals surface area contributed by atoms with E-state index in [0.717, 1.165) is 0 Å². The SMILES string of the molecule is COc1cc(N)ccc1OCC(C)(C)OC(=O)CN. The largest absolute Gasteiger partial charge is 0.493 e. The maximum atomic E-state index is 11.2. The van der Waals surface area contributed by atoms with Gasteiger partial charge in [-0.05, 0) is 26.0 Å². The maximum Gasteiger partial charge on any atom is 0.320 e. The van der Waals surface area contributed by atoms with E-state index in [9.17, 15) is 4.79 Å². The number of esters is 1. The van der Waals surface area contributed by atoms with E-state index in [0.29, 0.717) is 17.2 Å². The third-order valence-corrected chi connectivity index (χ3v) is 2.32. The fourth-order valence-electron chi connectivity index (χ4n) is 1.43. The van der Waals surface area contributed by atoms with E-state index in [1.54, 1.807) is 32.0 Å². The van der Waals surface area contributed by atoms with Gasteiger partial charge >= 0.3 is 5.97 Å². The number of rotatable bonds is 6. The lowest BCUT2D eigenvalue weighted by Gasteiger charge is -2.25. The number of benzene rings is 1. The molecular formula is C13H20N2O4. The molecule has 0 spiro atoms. The Kier molecular flexibility index (Phi) is 5.00. The summed E-state index contributed by atoms with van der Waals surface area (Å²) < 4.78 is 15.9. The minimum atomic E-state index is -0.775. The molecule has 1 rings (SSSR count). The number of hydrogen-bond acceptors (Lipinski definition) is 6. The summed E-state index contributed by atoms with van der Waals surface area (Å²) in [5, 5.41) is 0. The number of methoxy groups -OCH3 is 1. The molecule has 0 amide bonds. The van der Waals surface area contributed by atoms with Gasteiger partial charge in [-0.3, -0.25) is 4.79 Å². The lowest BCUT2D eigenvalue weighted by molar-refractivity contribution is -0.157. The highest BCUT2D eigenvalue weighted by molar-refractivity contribution is 5.71. The molecule has 0 radical (unpaired) electrons. The van der Waals surface area contributed by atoms with Gasteiger partial charge in [0.25, 0.3) is 0 Å². The molecule has 0 aliphatic rings. The van der Waals surface area contributed by atoms with Crippen LogP contribution in [-0.2, 0) is 9.53 Å². The molecule has 0 saturated carbocycles. The Morgan fingerprint density at radius 3 is 2.58 bits per heavy atom. The summed E-state index contributed by atoms with van der Waals surface area (Å²) in [5.41, 5.74) is 10.7. The first-order valence-electron chi connectivity index (χ1n) is 5.86. The predicted octanol–water partition coefficient (Wildman–Crippen LogP) is 0.937. The summed E-state index contributed by atoms with van der Waals surface area (Å²) in [7, 11) is 1.53. The van der Waals surface area contributed by atoms with Crippen LogP contribution in [0.2, 0.25) is 0 Å². The molecule has 4 N–H and O–H groups in total. The first-order chi connectivity index (χ1) is 8.88. The highest BCUT2D eigenvalue weighted by atomic mass is 16.6. The zero-order valence-electron chi connectivity index (χ0n) is 11.4. The molecule has 0 aliphatic carbocycles. The van der Waals surface area contributed by atoms with E-state index in [1.165, 1.54) is 7.11 Å². The molecule has 0 aliphatic heterocycles. The summed E-state index contributed by atoms with van der Waals surface area (Å²) in [6.45, 7) is 3.50. The second-order valence-electron chi connectivity index (χ2n) is 4.64. The molecule has 1 aromatic rings. The first-order valence-corrected chi connectivity index (χ1v) is 5.86. The van der Waals surface area contributed by atoms with Crippen LogP contribution in [0.5, 0.6) is 11.5 Å². The standard InChI is InChI=1S/C13H20N2O4/c1-13(2,19-12(16)7-14)8-18-10-5-4-9(15)6-11(10)17-3/h4-6H,7-8,14-15H2,1-3H3. The quantitative estimate of drug-likeness (QED) is 0.588. The molecule has 1 aromatic carbocycles. The van der Waals surface area contributed by atoms with Crippen molar-refractivity contribution in [2.45, 2.75) is 19.4 Å². The van der Waals surface area contributed by atoms with Gasteiger partial charge in [0.1, 0.15) is 12.2 Å². The van der Waals surface area contributed by atoms with Gasteiger partial charge in [-0.15, -0.1) is 0 Å². The smallest absolute Gasteiger partial charge is 0.320 e. The fraction of sp³-hybridized carbons (Fsp3) is 0.462. The first kappa shape index (κ1) is 15.1. The summed E-state index contributed by atoms with van der Waals surface area (Å²) in [6, 6.07) is 5.07. The Balaban J connectivity index is 2.68. The normalized spacial score (nSPS) is 10.9. The van der Waals surface area contributed by atoms with Gasteiger partial charge in [0.15, 0.2) is 11.5 Å². The number of nitrogens with two attached hydrogens (primary N) is 2. The topological polar surface area (TPSA) is 96.8 Å². The summed E-state index contributed by atoms with van der Waals surface area (Å²) in [6.07, 6.45) is 0. The minimum absolute atomic E-state index is 0.158. The third kappa shape index (κ3) is 4.67. The van der Waals surface area contributed by atoms with Gasteiger partial charge in [-0.25, -0.2) is 0 Å². The van der Waals surface area contributed by atoms with Crippen molar-refractivity contribution in [2.75, 3.05) is 26.0 Å². The number of anilines is 1. The summed E-state index contributed by atoms with van der Waals surface area (Å²) >= 11 is 0. The van der Waals surface area contributed by atoms with Crippen molar-refractivity contribution in [1.82, 2.24) is 0 Å². The summed E-state index contributed by atoms with van der Waals surface area (Å²) in [5.74, 6) is 0.590. The molecule has 19 heavy (non-hydrogen) atoms. The third-order valence-electron chi connectivity index (χ3n) is 2.32. The van der Waals surface area contributed by atoms with Crippen molar-refractivity contribution in [3.8, 4) is 11.5 Å². The Hall–Kier alpha value is -1.95. The van der Waals surface area contributed by atoms with Crippen molar-refractivity contribution in [2.24, 2.45) is 5.73 Å². The highest BCUT2D eigenvalue weighted by Crippen LogP contribution is 2.29. The van der Waals surface area contributed by atoms with Crippen LogP contribution in [0, 0.1) is 0 Å². The highest BCUT2D eigenvalue weighted by Gasteiger charge is 2.24. The summed E-state index contributed by atoms with van der Waals surface area (Å²) in [4.78, 5) is 11.2. The Morgan fingerprint density at radius 2 is 2.00 bits per heavy atom. The molecule has 0 bridgehead atoms. The van der Waals surface area contributed by atoms with E-state index in [1.807, 2.05) is 0 Å².